The summed E-state index contributed by atoms with van der Waals surface area (Å²) >= 11 is 0. The van der Waals surface area contributed by atoms with Gasteiger partial charge in [-0.25, -0.2) is 0 Å². The molecule has 0 saturated heterocycles. The zero-order valence-electron chi connectivity index (χ0n) is 14.0. The van der Waals surface area contributed by atoms with E-state index in [2.05, 4.69) is 6.92 Å². The van der Waals surface area contributed by atoms with Gasteiger partial charge in [-0.3, -0.25) is 0 Å². The van der Waals surface area contributed by atoms with Gasteiger partial charge in [-0.15, -0.1) is 0 Å². The van der Waals surface area contributed by atoms with Gasteiger partial charge in [0.25, 0.3) is 0 Å². The first kappa shape index (κ1) is 21.1. The van der Waals surface area contributed by atoms with Gasteiger partial charge >= 0.3 is 12.3 Å². The molecule has 0 N–H and O–H groups in total. The van der Waals surface area contributed by atoms with Gasteiger partial charge in [0.15, 0.2) is 19.5 Å². The van der Waals surface area contributed by atoms with Gasteiger partial charge in [0.05, 0.1) is 0 Å². The molecule has 8 nitrogen and oxygen atoms in total. The molecule has 10 heteroatoms. The molecule has 0 aliphatic carbocycles. The average molecular weight is 345 g/mol. The molecule has 0 fully saturated rings. The van der Waals surface area contributed by atoms with Crippen LogP contribution in [0.2, 0.25) is 11.6 Å². The second kappa shape index (κ2) is 10.8. The third kappa shape index (κ3) is 6.82. The van der Waals surface area contributed by atoms with Crippen LogP contribution in [0.5, 0.6) is 0 Å². The van der Waals surface area contributed by atoms with E-state index in [4.69, 9.17) is 37.3 Å². The first-order chi connectivity index (χ1) is 9.96. The zero-order chi connectivity index (χ0) is 16.4. The molecule has 0 aliphatic rings. The molecule has 0 bridgehead atoms. The predicted molar refractivity (Wildman–Crippen MR) is 81.0 cm³/mol. The quantitative estimate of drug-likeness (QED) is 0.327. The molecule has 0 rings (SSSR count). The summed E-state index contributed by atoms with van der Waals surface area (Å²) in [5.41, 5.74) is 0.361. The topological polar surface area (TPSA) is 73.8 Å². The Morgan fingerprint density at radius 2 is 1.10 bits per heavy atom. The van der Waals surface area contributed by atoms with Crippen LogP contribution < -0.4 is 0 Å². The van der Waals surface area contributed by atoms with Crippen LogP contribution in [0.1, 0.15) is 6.92 Å². The summed E-state index contributed by atoms with van der Waals surface area (Å²) in [7, 11) is 6.97. The van der Waals surface area contributed by atoms with Gasteiger partial charge in [0.1, 0.15) is 0 Å². The van der Waals surface area contributed by atoms with Crippen molar-refractivity contribution < 1.29 is 37.3 Å². The molecule has 0 saturated carbocycles. The SMILES string of the molecule is COC(OC)(OC)O[SiH2]CC(C)[SiH2]OC(OC)(OC)OC. The van der Waals surface area contributed by atoms with Crippen LogP contribution in [-0.4, -0.2) is 74.5 Å². The maximum absolute atomic E-state index is 5.65. The summed E-state index contributed by atoms with van der Waals surface area (Å²) in [6.07, 6.45) is -2.80. The van der Waals surface area contributed by atoms with Crippen LogP contribution in [0, 0.1) is 0 Å². The molecule has 0 aliphatic heterocycles. The highest BCUT2D eigenvalue weighted by Gasteiger charge is 2.33. The Kier molecular flexibility index (Phi) is 10.8. The Morgan fingerprint density at radius 1 is 0.714 bits per heavy atom. The average Bonchev–Trinajstić information content (AvgIpc) is 2.54. The first-order valence-corrected chi connectivity index (χ1v) is 9.52. The summed E-state index contributed by atoms with van der Waals surface area (Å²) in [5.74, 6) is 0. The van der Waals surface area contributed by atoms with E-state index in [9.17, 15) is 0 Å². The predicted octanol–water partition coefficient (Wildman–Crippen LogP) is -0.485. The number of methoxy groups -OCH3 is 6. The van der Waals surface area contributed by atoms with Gasteiger partial charge in [-0.05, 0) is 11.6 Å². The maximum Gasteiger partial charge on any atom is 0.401 e. The molecule has 0 radical (unpaired) electrons. The lowest BCUT2D eigenvalue weighted by Gasteiger charge is -2.30. The first-order valence-electron chi connectivity index (χ1n) is 6.55. The maximum atomic E-state index is 5.65. The summed E-state index contributed by atoms with van der Waals surface area (Å²) in [4.78, 5) is 0. The van der Waals surface area contributed by atoms with Gasteiger partial charge < -0.3 is 37.3 Å². The Labute approximate surface area is 131 Å². The fraction of sp³-hybridized carbons (Fsp3) is 1.00. The van der Waals surface area contributed by atoms with Crippen molar-refractivity contribution in [2.45, 2.75) is 30.8 Å². The van der Waals surface area contributed by atoms with E-state index >= 15 is 0 Å². The monoisotopic (exact) mass is 344 g/mol. The molecule has 1 atom stereocenters. The summed E-state index contributed by atoms with van der Waals surface area (Å²) in [5, 5.41) is 0. The number of rotatable bonds is 13. The van der Waals surface area contributed by atoms with Gasteiger partial charge in [0.2, 0.25) is 0 Å². The van der Waals surface area contributed by atoms with E-state index in [1.54, 1.807) is 0 Å². The molecular weight excluding hydrogens is 316 g/mol. The van der Waals surface area contributed by atoms with Crippen molar-refractivity contribution in [3.05, 3.63) is 0 Å². The largest absolute Gasteiger partial charge is 0.401 e. The molecule has 0 heterocycles. The molecule has 0 aromatic carbocycles. The minimum absolute atomic E-state index is 0.361. The molecule has 0 amide bonds. The number of hydrogen-bond acceptors (Lipinski definition) is 8. The van der Waals surface area contributed by atoms with E-state index in [0.717, 1.165) is 6.04 Å². The number of ether oxygens (including phenoxy) is 6. The van der Waals surface area contributed by atoms with Crippen LogP contribution >= 0.6 is 0 Å². The van der Waals surface area contributed by atoms with Crippen molar-refractivity contribution in [1.29, 1.82) is 0 Å². The van der Waals surface area contributed by atoms with Gasteiger partial charge in [-0.2, -0.15) is 0 Å². The highest BCUT2D eigenvalue weighted by atomic mass is 28.2. The molecule has 0 spiro atoms. The van der Waals surface area contributed by atoms with Gasteiger partial charge in [-0.1, -0.05) is 6.92 Å². The molecule has 21 heavy (non-hydrogen) atoms. The lowest BCUT2D eigenvalue weighted by atomic mass is 10.6. The van der Waals surface area contributed by atoms with Crippen molar-refractivity contribution in [1.82, 2.24) is 0 Å². The smallest absolute Gasteiger partial charge is 0.353 e. The Bertz CT molecular complexity index is 244. The molecule has 128 valence electrons. The van der Waals surface area contributed by atoms with Crippen LogP contribution in [0.3, 0.4) is 0 Å². The Balaban J connectivity index is 4.13. The summed E-state index contributed by atoms with van der Waals surface area (Å²) in [6, 6.07) is 0.886. The molecule has 1 unspecified atom stereocenters. The van der Waals surface area contributed by atoms with Crippen LogP contribution in [0.25, 0.3) is 0 Å². The second-order valence-electron chi connectivity index (χ2n) is 4.28. The minimum Gasteiger partial charge on any atom is -0.353 e. The third-order valence-corrected chi connectivity index (χ3v) is 7.03. The van der Waals surface area contributed by atoms with Gasteiger partial charge in [0, 0.05) is 42.7 Å². The normalized spacial score (nSPS) is 15.6. The van der Waals surface area contributed by atoms with Crippen molar-refractivity contribution in [3.63, 3.8) is 0 Å². The van der Waals surface area contributed by atoms with Crippen molar-refractivity contribution in [2.24, 2.45) is 0 Å². The van der Waals surface area contributed by atoms with Crippen molar-refractivity contribution in [2.75, 3.05) is 42.7 Å². The fourth-order valence-corrected chi connectivity index (χ4v) is 4.70. The van der Waals surface area contributed by atoms with Crippen molar-refractivity contribution >= 4 is 19.5 Å². The summed E-state index contributed by atoms with van der Waals surface area (Å²) < 4.78 is 41.7. The Morgan fingerprint density at radius 3 is 1.48 bits per heavy atom. The fourth-order valence-electron chi connectivity index (χ4n) is 1.57. The molecule has 0 aromatic heterocycles. The van der Waals surface area contributed by atoms with E-state index in [0.29, 0.717) is 5.54 Å². The van der Waals surface area contributed by atoms with E-state index in [-0.39, 0.29) is 0 Å². The standard InChI is InChI=1S/C11H28O8Si2/c1-9(21-19-11(15-5,16-6)17-7)8-20-18-10(12-2,13-3)14-4/h9H,8,20-21H2,1-7H3. The lowest BCUT2D eigenvalue weighted by Crippen LogP contribution is -2.41. The molecule has 0 aromatic rings. The highest BCUT2D eigenvalue weighted by Crippen LogP contribution is 2.19. The highest BCUT2D eigenvalue weighted by molar-refractivity contribution is 6.36. The van der Waals surface area contributed by atoms with E-state index in [1.807, 2.05) is 0 Å². The zero-order valence-corrected chi connectivity index (χ0v) is 16.8. The third-order valence-electron chi connectivity index (χ3n) is 2.93. The van der Waals surface area contributed by atoms with Crippen LogP contribution in [0.4, 0.5) is 0 Å². The molecular formula is C11H28O8Si2. The van der Waals surface area contributed by atoms with Crippen molar-refractivity contribution in [3.8, 4) is 0 Å². The summed E-state index contributed by atoms with van der Waals surface area (Å²) in [6.45, 7) is 2.09. The minimum atomic E-state index is -1.40. The van der Waals surface area contributed by atoms with E-state index < -0.39 is 31.8 Å². The van der Waals surface area contributed by atoms with Crippen LogP contribution in [0.15, 0.2) is 0 Å². The number of hydrogen-bond donors (Lipinski definition) is 0. The second-order valence-corrected chi connectivity index (χ2v) is 7.57. The van der Waals surface area contributed by atoms with E-state index in [1.165, 1.54) is 42.7 Å². The lowest BCUT2D eigenvalue weighted by molar-refractivity contribution is -0.451. The van der Waals surface area contributed by atoms with Crippen LogP contribution in [-0.2, 0) is 37.3 Å². The Hall–Kier alpha value is 0.114.